The number of nitrogens with zero attached hydrogens (tertiary/aromatic N) is 1. The third-order valence-corrected chi connectivity index (χ3v) is 5.79. The van der Waals surface area contributed by atoms with Gasteiger partial charge in [-0.3, -0.25) is 9.10 Å². The molecule has 0 aliphatic heterocycles. The summed E-state index contributed by atoms with van der Waals surface area (Å²) in [6.45, 7) is 4.04. The summed E-state index contributed by atoms with van der Waals surface area (Å²) in [7, 11) is -2.12. The molecule has 1 atom stereocenters. The summed E-state index contributed by atoms with van der Waals surface area (Å²) < 4.78 is 26.4. The smallest absolute Gasteiger partial charge is 0.264 e. The van der Waals surface area contributed by atoms with Crippen molar-refractivity contribution in [2.24, 2.45) is 0 Å². The Morgan fingerprint density at radius 3 is 2.24 bits per heavy atom. The molecule has 0 saturated carbocycles. The highest BCUT2D eigenvalue weighted by molar-refractivity contribution is 7.92. The number of sulfonamides is 1. The minimum absolute atomic E-state index is 0.110. The van der Waals surface area contributed by atoms with Crippen LogP contribution in [-0.4, -0.2) is 27.4 Å². The van der Waals surface area contributed by atoms with Gasteiger partial charge in [0.05, 0.1) is 10.6 Å². The second-order valence-electron chi connectivity index (χ2n) is 6.00. The van der Waals surface area contributed by atoms with Crippen LogP contribution in [0.3, 0.4) is 0 Å². The molecule has 6 heteroatoms. The maximum atomic E-state index is 12.6. The van der Waals surface area contributed by atoms with Crippen LogP contribution in [0.2, 0.25) is 0 Å². The Labute approximate surface area is 149 Å². The van der Waals surface area contributed by atoms with Gasteiger partial charge in [-0.05, 0) is 49.7 Å². The van der Waals surface area contributed by atoms with Gasteiger partial charge < -0.3 is 5.32 Å². The van der Waals surface area contributed by atoms with Crippen molar-refractivity contribution in [3.63, 3.8) is 0 Å². The van der Waals surface area contributed by atoms with E-state index >= 15 is 0 Å². The monoisotopic (exact) mass is 360 g/mol. The molecule has 25 heavy (non-hydrogen) atoms. The molecule has 0 radical (unpaired) electrons. The molecule has 0 aliphatic rings. The first-order valence-electron chi connectivity index (χ1n) is 8.31. The number of carbonyl (C=O) groups is 1. The fourth-order valence-corrected chi connectivity index (χ4v) is 3.74. The summed E-state index contributed by atoms with van der Waals surface area (Å²) >= 11 is 0. The van der Waals surface area contributed by atoms with E-state index in [1.54, 1.807) is 54.6 Å². The Morgan fingerprint density at radius 1 is 1.08 bits per heavy atom. The van der Waals surface area contributed by atoms with Gasteiger partial charge in [-0.25, -0.2) is 8.42 Å². The predicted molar refractivity (Wildman–Crippen MR) is 100 cm³/mol. The fraction of sp³-hybridized carbons (Fsp3) is 0.316. The van der Waals surface area contributed by atoms with Crippen molar-refractivity contribution in [2.45, 2.75) is 37.6 Å². The molecular formula is C19H24N2O3S. The average Bonchev–Trinajstić information content (AvgIpc) is 2.62. The molecule has 0 fully saturated rings. The minimum atomic E-state index is -3.62. The highest BCUT2D eigenvalue weighted by Gasteiger charge is 2.21. The number of rotatable bonds is 7. The molecule has 0 saturated heterocycles. The normalized spacial score (nSPS) is 12.4. The summed E-state index contributed by atoms with van der Waals surface area (Å²) in [5.74, 6) is -0.152. The van der Waals surface area contributed by atoms with Crippen LogP contribution >= 0.6 is 0 Å². The number of nitrogens with one attached hydrogen (secondary N) is 1. The van der Waals surface area contributed by atoms with E-state index in [9.17, 15) is 13.2 Å². The van der Waals surface area contributed by atoms with Crippen molar-refractivity contribution < 1.29 is 13.2 Å². The second kappa shape index (κ2) is 8.16. The van der Waals surface area contributed by atoms with E-state index in [1.807, 2.05) is 6.92 Å². The van der Waals surface area contributed by atoms with E-state index in [0.29, 0.717) is 11.3 Å². The minimum Gasteiger partial charge on any atom is -0.350 e. The number of hydrogen-bond acceptors (Lipinski definition) is 3. The molecule has 1 N–H and O–H groups in total. The van der Waals surface area contributed by atoms with Crippen molar-refractivity contribution in [1.29, 1.82) is 0 Å². The van der Waals surface area contributed by atoms with Crippen LogP contribution in [0.15, 0.2) is 59.5 Å². The lowest BCUT2D eigenvalue weighted by molar-refractivity contribution is 0.0938. The predicted octanol–water partition coefficient (Wildman–Crippen LogP) is 3.43. The van der Waals surface area contributed by atoms with Gasteiger partial charge in [0.2, 0.25) is 0 Å². The topological polar surface area (TPSA) is 66.5 Å². The Hall–Kier alpha value is -2.34. The van der Waals surface area contributed by atoms with Crippen molar-refractivity contribution >= 4 is 21.6 Å². The molecule has 0 spiro atoms. The van der Waals surface area contributed by atoms with Crippen LogP contribution in [0.25, 0.3) is 0 Å². The first-order valence-corrected chi connectivity index (χ1v) is 9.75. The molecule has 5 nitrogen and oxygen atoms in total. The van der Waals surface area contributed by atoms with Gasteiger partial charge in [-0.2, -0.15) is 0 Å². The van der Waals surface area contributed by atoms with Gasteiger partial charge in [0.1, 0.15) is 0 Å². The quantitative estimate of drug-likeness (QED) is 0.822. The zero-order valence-corrected chi connectivity index (χ0v) is 15.6. The average molecular weight is 360 g/mol. The van der Waals surface area contributed by atoms with Crippen LogP contribution in [0, 0.1) is 0 Å². The Kier molecular flexibility index (Phi) is 6.20. The van der Waals surface area contributed by atoms with Crippen molar-refractivity contribution in [3.8, 4) is 0 Å². The Bertz CT molecular complexity index is 802. The van der Waals surface area contributed by atoms with E-state index in [2.05, 4.69) is 12.2 Å². The van der Waals surface area contributed by atoms with Crippen LogP contribution in [0.5, 0.6) is 0 Å². The van der Waals surface area contributed by atoms with Crippen molar-refractivity contribution in [3.05, 3.63) is 60.2 Å². The number of carbonyl (C=O) groups excluding carboxylic acids is 1. The maximum absolute atomic E-state index is 12.6. The van der Waals surface area contributed by atoms with E-state index in [1.165, 1.54) is 11.4 Å². The lowest BCUT2D eigenvalue weighted by atomic mass is 10.1. The lowest BCUT2D eigenvalue weighted by Gasteiger charge is -2.20. The van der Waals surface area contributed by atoms with Gasteiger partial charge in [-0.15, -0.1) is 0 Å². The van der Waals surface area contributed by atoms with Gasteiger partial charge in [-0.1, -0.05) is 31.5 Å². The van der Waals surface area contributed by atoms with E-state index in [-0.39, 0.29) is 16.8 Å². The first kappa shape index (κ1) is 19.0. The number of hydrogen-bond donors (Lipinski definition) is 1. The van der Waals surface area contributed by atoms with Crippen molar-refractivity contribution in [1.82, 2.24) is 5.32 Å². The molecule has 1 amide bonds. The Balaban J connectivity index is 2.15. The third kappa shape index (κ3) is 4.60. The van der Waals surface area contributed by atoms with Crippen LogP contribution in [-0.2, 0) is 10.0 Å². The summed E-state index contributed by atoms with van der Waals surface area (Å²) in [6, 6.07) is 14.9. The zero-order chi connectivity index (χ0) is 18.4. The first-order chi connectivity index (χ1) is 11.9. The molecule has 2 rings (SSSR count). The molecule has 0 unspecified atom stereocenters. The van der Waals surface area contributed by atoms with Gasteiger partial charge in [0.25, 0.3) is 15.9 Å². The van der Waals surface area contributed by atoms with Gasteiger partial charge >= 0.3 is 0 Å². The second-order valence-corrected chi connectivity index (χ2v) is 7.96. The van der Waals surface area contributed by atoms with Crippen LogP contribution in [0.4, 0.5) is 5.69 Å². The van der Waals surface area contributed by atoms with Gasteiger partial charge in [0.15, 0.2) is 0 Å². The largest absolute Gasteiger partial charge is 0.350 e. The highest BCUT2D eigenvalue weighted by Crippen LogP contribution is 2.22. The van der Waals surface area contributed by atoms with E-state index in [4.69, 9.17) is 0 Å². The van der Waals surface area contributed by atoms with E-state index in [0.717, 1.165) is 12.8 Å². The molecule has 134 valence electrons. The molecule has 2 aromatic rings. The lowest BCUT2D eigenvalue weighted by Crippen LogP contribution is -2.32. The highest BCUT2D eigenvalue weighted by atomic mass is 32.2. The summed E-state index contributed by atoms with van der Waals surface area (Å²) in [5.41, 5.74) is 1.01. The number of amides is 1. The molecule has 0 aliphatic carbocycles. The number of benzene rings is 2. The zero-order valence-electron chi connectivity index (χ0n) is 14.8. The molecule has 0 heterocycles. The fourth-order valence-electron chi connectivity index (χ4n) is 2.52. The van der Waals surface area contributed by atoms with E-state index < -0.39 is 10.0 Å². The van der Waals surface area contributed by atoms with Crippen LogP contribution in [0.1, 0.15) is 37.0 Å². The summed E-state index contributed by atoms with van der Waals surface area (Å²) in [5, 5.41) is 2.93. The van der Waals surface area contributed by atoms with Crippen molar-refractivity contribution in [2.75, 3.05) is 11.4 Å². The number of anilines is 1. The molecular weight excluding hydrogens is 336 g/mol. The maximum Gasteiger partial charge on any atom is 0.264 e. The SMILES string of the molecule is CCC[C@@H](C)NC(=O)c1ccc(N(C)S(=O)(=O)c2ccccc2)cc1. The third-order valence-electron chi connectivity index (χ3n) is 3.99. The molecule has 2 aromatic carbocycles. The standard InChI is InChI=1S/C19H24N2O3S/c1-4-8-15(2)20-19(22)16-11-13-17(14-12-16)21(3)25(23,24)18-9-6-5-7-10-18/h5-7,9-15H,4,8H2,1-3H3,(H,20,22)/t15-/m1/s1. The van der Waals surface area contributed by atoms with Gasteiger partial charge in [0, 0.05) is 18.7 Å². The van der Waals surface area contributed by atoms with Crippen LogP contribution < -0.4 is 9.62 Å². The summed E-state index contributed by atoms with van der Waals surface area (Å²) in [4.78, 5) is 12.4. The molecule has 0 bridgehead atoms. The summed E-state index contributed by atoms with van der Waals surface area (Å²) in [6.07, 6.45) is 1.92. The Morgan fingerprint density at radius 2 is 1.68 bits per heavy atom. The molecule has 0 aromatic heterocycles.